The number of aliphatic imine (C=N–C) groups is 1. The molecule has 1 aliphatic heterocycles. The monoisotopic (exact) mass is 586 g/mol. The first-order valence-corrected chi connectivity index (χ1v) is 14.5. The van der Waals surface area contributed by atoms with Gasteiger partial charge < -0.3 is 38.1 Å². The Hall–Kier alpha value is -4.16. The van der Waals surface area contributed by atoms with E-state index in [1.807, 2.05) is 6.07 Å². The van der Waals surface area contributed by atoms with Crippen molar-refractivity contribution in [3.8, 4) is 0 Å². The molecule has 1 aromatic rings. The van der Waals surface area contributed by atoms with Crippen LogP contribution in [0.5, 0.6) is 0 Å². The Kier molecular flexibility index (Phi) is 13.2. The molecule has 1 heterocycles. The standard InChI is InChI=1S/C29H46N8O5/c1-5-20-24(39)36-22(19-12-7-6-8-13-19)26(41)32-16-10-9-15-29(4,37-23(38)18(2)3)27(42)35-21(25(40)34-20)14-11-17-33-28(30)31/h6-8,12-13,18,20-22H,5,9-11,14-17H2,1-4H3,(H,32,41)(H,34,40)(H,35,42)(H,36,39)(H,37,38)(H4,30,31,33)/t20-,21+,22+,29+/m1/s1. The molecule has 0 unspecified atom stereocenters. The van der Waals surface area contributed by atoms with Crippen LogP contribution in [0.2, 0.25) is 0 Å². The number of nitrogens with one attached hydrogen (secondary N) is 5. The van der Waals surface area contributed by atoms with Gasteiger partial charge >= 0.3 is 0 Å². The Balaban J connectivity index is 2.42. The highest BCUT2D eigenvalue weighted by molar-refractivity contribution is 5.97. The van der Waals surface area contributed by atoms with Crippen molar-refractivity contribution in [2.75, 3.05) is 13.1 Å². The van der Waals surface area contributed by atoms with Crippen LogP contribution in [0.25, 0.3) is 0 Å². The summed E-state index contributed by atoms with van der Waals surface area (Å²) in [7, 11) is 0. The SMILES string of the molecule is CC[C@H]1NC(=O)[C@H](CCCN=C(N)N)NC(=O)[C@@](C)(NC(=O)C(C)C)CCCCNC(=O)[C@H](c2ccccc2)NC1=O. The number of nitrogens with two attached hydrogens (primary N) is 2. The zero-order chi connectivity index (χ0) is 31.3. The molecule has 1 fully saturated rings. The summed E-state index contributed by atoms with van der Waals surface area (Å²) >= 11 is 0. The van der Waals surface area contributed by atoms with Crippen molar-refractivity contribution >= 4 is 35.5 Å². The molecule has 1 aliphatic rings. The zero-order valence-corrected chi connectivity index (χ0v) is 25.0. The van der Waals surface area contributed by atoms with Crippen LogP contribution >= 0.6 is 0 Å². The molecule has 13 nitrogen and oxygen atoms in total. The quantitative estimate of drug-likeness (QED) is 0.127. The van der Waals surface area contributed by atoms with Crippen LogP contribution in [0.3, 0.4) is 0 Å². The van der Waals surface area contributed by atoms with Crippen molar-refractivity contribution in [1.82, 2.24) is 26.6 Å². The number of hydrogen-bond donors (Lipinski definition) is 7. The molecular formula is C29H46N8O5. The molecule has 232 valence electrons. The smallest absolute Gasteiger partial charge is 0.247 e. The summed E-state index contributed by atoms with van der Waals surface area (Å²) in [5.41, 5.74) is 10.1. The first-order chi connectivity index (χ1) is 19.9. The highest BCUT2D eigenvalue weighted by Crippen LogP contribution is 2.18. The topological polar surface area (TPSA) is 210 Å². The molecule has 2 rings (SSSR count). The summed E-state index contributed by atoms with van der Waals surface area (Å²) in [6.45, 7) is 7.32. The minimum absolute atomic E-state index is 0.0924. The van der Waals surface area contributed by atoms with Crippen molar-refractivity contribution in [1.29, 1.82) is 0 Å². The van der Waals surface area contributed by atoms with Gasteiger partial charge in [0, 0.05) is 19.0 Å². The number of amides is 5. The summed E-state index contributed by atoms with van der Waals surface area (Å²) < 4.78 is 0. The minimum Gasteiger partial charge on any atom is -0.370 e. The predicted octanol–water partition coefficient (Wildman–Crippen LogP) is 0.108. The molecule has 0 spiro atoms. The lowest BCUT2D eigenvalue weighted by molar-refractivity contribution is -0.137. The number of benzene rings is 1. The predicted molar refractivity (Wildman–Crippen MR) is 160 cm³/mol. The van der Waals surface area contributed by atoms with E-state index in [4.69, 9.17) is 11.5 Å². The molecular weight excluding hydrogens is 540 g/mol. The summed E-state index contributed by atoms with van der Waals surface area (Å²) in [5, 5.41) is 14.0. The van der Waals surface area contributed by atoms with E-state index >= 15 is 0 Å². The number of rotatable bonds is 8. The molecule has 4 atom stereocenters. The average Bonchev–Trinajstić information content (AvgIpc) is 2.95. The Morgan fingerprint density at radius 3 is 2.29 bits per heavy atom. The van der Waals surface area contributed by atoms with E-state index in [0.29, 0.717) is 31.4 Å². The normalized spacial score (nSPS) is 24.5. The summed E-state index contributed by atoms with van der Waals surface area (Å²) in [5.74, 6) is -2.82. The molecule has 13 heteroatoms. The Bertz CT molecular complexity index is 1120. The fourth-order valence-corrected chi connectivity index (χ4v) is 4.47. The number of nitrogens with zero attached hydrogens (tertiary/aromatic N) is 1. The van der Waals surface area contributed by atoms with Crippen LogP contribution in [-0.4, -0.2) is 66.2 Å². The minimum atomic E-state index is -1.32. The van der Waals surface area contributed by atoms with Gasteiger partial charge in [-0.2, -0.15) is 0 Å². The maximum atomic E-state index is 13.6. The number of guanidine groups is 1. The molecule has 9 N–H and O–H groups in total. The molecule has 0 aliphatic carbocycles. The van der Waals surface area contributed by atoms with E-state index in [1.54, 1.807) is 52.0 Å². The van der Waals surface area contributed by atoms with Gasteiger partial charge in [0.25, 0.3) is 0 Å². The molecule has 1 saturated heterocycles. The van der Waals surface area contributed by atoms with Gasteiger partial charge in [-0.3, -0.25) is 29.0 Å². The maximum absolute atomic E-state index is 13.6. The van der Waals surface area contributed by atoms with Gasteiger partial charge in [-0.25, -0.2) is 0 Å². The average molecular weight is 587 g/mol. The van der Waals surface area contributed by atoms with E-state index in [-0.39, 0.29) is 43.6 Å². The van der Waals surface area contributed by atoms with Gasteiger partial charge in [-0.15, -0.1) is 0 Å². The highest BCUT2D eigenvalue weighted by Gasteiger charge is 2.38. The lowest BCUT2D eigenvalue weighted by Gasteiger charge is -2.33. The van der Waals surface area contributed by atoms with Crippen LogP contribution < -0.4 is 38.1 Å². The molecule has 0 aromatic heterocycles. The number of carbonyl (C=O) groups excluding carboxylic acids is 5. The van der Waals surface area contributed by atoms with Crippen LogP contribution in [0, 0.1) is 5.92 Å². The van der Waals surface area contributed by atoms with Crippen molar-refractivity contribution in [2.45, 2.75) is 89.9 Å². The van der Waals surface area contributed by atoms with Crippen molar-refractivity contribution in [3.63, 3.8) is 0 Å². The molecule has 0 radical (unpaired) electrons. The van der Waals surface area contributed by atoms with E-state index in [0.717, 1.165) is 0 Å². The molecule has 42 heavy (non-hydrogen) atoms. The van der Waals surface area contributed by atoms with E-state index in [2.05, 4.69) is 31.6 Å². The van der Waals surface area contributed by atoms with Crippen LogP contribution in [-0.2, 0) is 24.0 Å². The van der Waals surface area contributed by atoms with Crippen LogP contribution in [0.15, 0.2) is 35.3 Å². The highest BCUT2D eigenvalue weighted by atomic mass is 16.2. The second-order valence-electron chi connectivity index (χ2n) is 11.0. The third-order valence-electron chi connectivity index (χ3n) is 7.12. The Labute approximate surface area is 247 Å². The zero-order valence-electron chi connectivity index (χ0n) is 25.0. The van der Waals surface area contributed by atoms with Crippen molar-refractivity contribution < 1.29 is 24.0 Å². The fourth-order valence-electron chi connectivity index (χ4n) is 4.47. The number of hydrogen-bond acceptors (Lipinski definition) is 6. The Morgan fingerprint density at radius 2 is 1.67 bits per heavy atom. The Morgan fingerprint density at radius 1 is 1.00 bits per heavy atom. The first-order valence-electron chi connectivity index (χ1n) is 14.5. The lowest BCUT2D eigenvalue weighted by atomic mass is 9.91. The third-order valence-corrected chi connectivity index (χ3v) is 7.12. The van der Waals surface area contributed by atoms with Gasteiger partial charge in [0.05, 0.1) is 0 Å². The van der Waals surface area contributed by atoms with Crippen LogP contribution in [0.1, 0.15) is 77.8 Å². The van der Waals surface area contributed by atoms with Crippen LogP contribution in [0.4, 0.5) is 0 Å². The lowest BCUT2D eigenvalue weighted by Crippen LogP contribution is -2.62. The van der Waals surface area contributed by atoms with Gasteiger partial charge in [-0.05, 0) is 51.0 Å². The van der Waals surface area contributed by atoms with Crippen molar-refractivity contribution in [3.05, 3.63) is 35.9 Å². The molecule has 0 bridgehead atoms. The van der Waals surface area contributed by atoms with Gasteiger partial charge in [0.1, 0.15) is 23.7 Å². The largest absolute Gasteiger partial charge is 0.370 e. The summed E-state index contributed by atoms with van der Waals surface area (Å²) in [6.07, 6.45) is 2.05. The van der Waals surface area contributed by atoms with Crippen molar-refractivity contribution in [2.24, 2.45) is 22.4 Å². The third kappa shape index (κ3) is 10.3. The van der Waals surface area contributed by atoms with Gasteiger partial charge in [0.15, 0.2) is 5.96 Å². The fraction of sp³-hybridized carbons (Fsp3) is 0.586. The molecule has 0 saturated carbocycles. The second kappa shape index (κ2) is 16.3. The van der Waals surface area contributed by atoms with E-state index in [9.17, 15) is 24.0 Å². The first kappa shape index (κ1) is 34.0. The van der Waals surface area contributed by atoms with E-state index < -0.39 is 47.3 Å². The second-order valence-corrected chi connectivity index (χ2v) is 11.0. The van der Waals surface area contributed by atoms with E-state index in [1.165, 1.54) is 0 Å². The number of carbonyl (C=O) groups is 5. The maximum Gasteiger partial charge on any atom is 0.247 e. The molecule has 1 aromatic carbocycles. The summed E-state index contributed by atoms with van der Waals surface area (Å²) in [4.78, 5) is 70.2. The summed E-state index contributed by atoms with van der Waals surface area (Å²) in [6, 6.07) is 5.86. The van der Waals surface area contributed by atoms with Gasteiger partial charge in [-0.1, -0.05) is 51.1 Å². The molecule has 5 amide bonds. The van der Waals surface area contributed by atoms with Gasteiger partial charge in [0.2, 0.25) is 29.5 Å².